The highest BCUT2D eigenvalue weighted by molar-refractivity contribution is 5.76. The van der Waals surface area contributed by atoms with Crippen LogP contribution in [-0.4, -0.2) is 40.6 Å². The first-order valence-corrected chi connectivity index (χ1v) is 9.40. The number of fused-ring (bicyclic) bond motifs is 1. The largest absolute Gasteiger partial charge is 0.378 e. The van der Waals surface area contributed by atoms with E-state index in [1.165, 1.54) is 30.9 Å². The average molecular weight is 402 g/mol. The fourth-order valence-electron chi connectivity index (χ4n) is 3.60. The number of anilines is 2. The van der Waals surface area contributed by atoms with Crippen molar-refractivity contribution in [3.63, 3.8) is 0 Å². The van der Waals surface area contributed by atoms with Gasteiger partial charge in [0.2, 0.25) is 0 Å². The molecule has 0 amide bonds. The number of nitrogens with zero attached hydrogens (tertiary/aromatic N) is 4. The summed E-state index contributed by atoms with van der Waals surface area (Å²) in [5.41, 5.74) is 2.15. The lowest BCUT2D eigenvalue weighted by atomic mass is 10.1. The third-order valence-electron chi connectivity index (χ3n) is 4.97. The van der Waals surface area contributed by atoms with E-state index >= 15 is 0 Å². The van der Waals surface area contributed by atoms with E-state index in [2.05, 4.69) is 25.6 Å². The number of rotatable bonds is 5. The molecule has 2 N–H and O–H groups in total. The van der Waals surface area contributed by atoms with E-state index in [1.54, 1.807) is 6.07 Å². The molecule has 3 aromatic rings. The van der Waals surface area contributed by atoms with Gasteiger partial charge in [-0.1, -0.05) is 0 Å². The molecule has 0 radical (unpaired) electrons. The normalized spacial score (nSPS) is 17.1. The molecule has 1 aliphatic rings. The van der Waals surface area contributed by atoms with E-state index in [1.807, 2.05) is 11.8 Å². The lowest BCUT2D eigenvalue weighted by molar-refractivity contribution is 0.151. The molecule has 1 aliphatic heterocycles. The summed E-state index contributed by atoms with van der Waals surface area (Å²) in [6.45, 7) is 4.01. The second kappa shape index (κ2) is 8.20. The summed E-state index contributed by atoms with van der Waals surface area (Å²) in [6, 6.07) is 3.11. The summed E-state index contributed by atoms with van der Waals surface area (Å²) in [4.78, 5) is 14.2. The van der Waals surface area contributed by atoms with Crippen molar-refractivity contribution < 1.29 is 13.2 Å². The maximum atomic E-state index is 14.5. The van der Waals surface area contributed by atoms with Gasteiger partial charge < -0.3 is 15.5 Å². The van der Waals surface area contributed by atoms with E-state index < -0.39 is 12.2 Å². The Hall–Kier alpha value is -2.94. The first kappa shape index (κ1) is 19.4. The van der Waals surface area contributed by atoms with Crippen LogP contribution in [-0.2, 0) is 6.54 Å². The van der Waals surface area contributed by atoms with Crippen LogP contribution in [0.1, 0.15) is 24.5 Å². The maximum absolute atomic E-state index is 14.5. The predicted octanol–water partition coefficient (Wildman–Crippen LogP) is 3.51. The number of hydrogen-bond acceptors (Lipinski definition) is 6. The standard InChI is InChI=1S/C20H21F3N6/c1-12-11-29(5-4-25-12)19-14(20(22)23)9-24-10-18(19)28-8-13-6-16-17(7-15(13)21)27-3-2-26-16/h2-3,6-7,9-10,12,20,25,28H,4-5,8,11H2,1H3. The molecular weight excluding hydrogens is 381 g/mol. The van der Waals surface area contributed by atoms with E-state index in [-0.39, 0.29) is 18.2 Å². The van der Waals surface area contributed by atoms with Crippen LogP contribution >= 0.6 is 0 Å². The summed E-state index contributed by atoms with van der Waals surface area (Å²) < 4.78 is 41.8. The molecule has 1 aromatic carbocycles. The fourth-order valence-corrected chi connectivity index (χ4v) is 3.60. The first-order valence-electron chi connectivity index (χ1n) is 9.40. The average Bonchev–Trinajstić information content (AvgIpc) is 2.71. The van der Waals surface area contributed by atoms with E-state index in [4.69, 9.17) is 0 Å². The van der Waals surface area contributed by atoms with E-state index in [0.717, 1.165) is 0 Å². The minimum absolute atomic E-state index is 0.112. The Morgan fingerprint density at radius 1 is 1.21 bits per heavy atom. The van der Waals surface area contributed by atoms with Crippen LogP contribution in [0.3, 0.4) is 0 Å². The Labute approximate surface area is 166 Å². The molecular formula is C20H21F3N6. The molecule has 0 aliphatic carbocycles. The fraction of sp³-hybridized carbons (Fsp3) is 0.350. The number of piperazine rings is 1. The van der Waals surface area contributed by atoms with Crippen molar-refractivity contribution >= 4 is 22.4 Å². The predicted molar refractivity (Wildman–Crippen MR) is 106 cm³/mol. The third-order valence-corrected chi connectivity index (χ3v) is 4.97. The van der Waals surface area contributed by atoms with Crippen LogP contribution in [0.4, 0.5) is 24.5 Å². The Balaban J connectivity index is 1.65. The summed E-state index contributed by atoms with van der Waals surface area (Å²) in [5, 5.41) is 6.40. The van der Waals surface area contributed by atoms with Gasteiger partial charge in [-0.05, 0) is 13.0 Å². The van der Waals surface area contributed by atoms with Crippen molar-refractivity contribution in [2.75, 3.05) is 29.9 Å². The third kappa shape index (κ3) is 4.09. The molecule has 6 nitrogen and oxygen atoms in total. The van der Waals surface area contributed by atoms with Crippen molar-refractivity contribution in [1.29, 1.82) is 0 Å². The summed E-state index contributed by atoms with van der Waals surface area (Å²) in [5.74, 6) is -0.430. The number of nitrogens with one attached hydrogen (secondary N) is 2. The second-order valence-electron chi connectivity index (χ2n) is 7.07. The molecule has 0 bridgehead atoms. The molecule has 4 rings (SSSR count). The number of hydrogen-bond donors (Lipinski definition) is 2. The van der Waals surface area contributed by atoms with Crippen LogP contribution in [0.25, 0.3) is 11.0 Å². The Kier molecular flexibility index (Phi) is 5.48. The minimum Gasteiger partial charge on any atom is -0.378 e. The van der Waals surface area contributed by atoms with Gasteiger partial charge >= 0.3 is 0 Å². The molecule has 1 saturated heterocycles. The van der Waals surface area contributed by atoms with Crippen LogP contribution in [0.15, 0.2) is 36.9 Å². The van der Waals surface area contributed by atoms with Crippen molar-refractivity contribution in [2.24, 2.45) is 0 Å². The van der Waals surface area contributed by atoms with Gasteiger partial charge in [0, 0.05) is 62.4 Å². The van der Waals surface area contributed by atoms with Crippen LogP contribution in [0.2, 0.25) is 0 Å². The number of aromatic nitrogens is 3. The minimum atomic E-state index is -2.66. The monoisotopic (exact) mass is 402 g/mol. The number of halogens is 3. The highest BCUT2D eigenvalue weighted by Gasteiger charge is 2.25. The molecule has 29 heavy (non-hydrogen) atoms. The van der Waals surface area contributed by atoms with Gasteiger partial charge in [0.25, 0.3) is 6.43 Å². The van der Waals surface area contributed by atoms with Gasteiger partial charge in [-0.25, -0.2) is 13.2 Å². The molecule has 152 valence electrons. The highest BCUT2D eigenvalue weighted by Crippen LogP contribution is 2.36. The van der Waals surface area contributed by atoms with Crippen molar-refractivity contribution in [3.8, 4) is 0 Å². The van der Waals surface area contributed by atoms with Gasteiger partial charge in [0.1, 0.15) is 5.82 Å². The van der Waals surface area contributed by atoms with Gasteiger partial charge in [-0.3, -0.25) is 15.0 Å². The van der Waals surface area contributed by atoms with E-state index in [9.17, 15) is 13.2 Å². The van der Waals surface area contributed by atoms with E-state index in [0.29, 0.717) is 47.6 Å². The second-order valence-corrected chi connectivity index (χ2v) is 7.07. The molecule has 1 fully saturated rings. The maximum Gasteiger partial charge on any atom is 0.267 e. The zero-order chi connectivity index (χ0) is 20.4. The van der Waals surface area contributed by atoms with Gasteiger partial charge in [-0.2, -0.15) is 0 Å². The molecule has 2 aromatic heterocycles. The molecule has 9 heteroatoms. The van der Waals surface area contributed by atoms with Gasteiger partial charge in [0.05, 0.1) is 34.2 Å². The Morgan fingerprint density at radius 2 is 1.97 bits per heavy atom. The number of benzene rings is 1. The SMILES string of the molecule is CC1CN(c2c(NCc3cc4nccnc4cc3F)cncc2C(F)F)CCN1. The molecule has 0 spiro atoms. The van der Waals surface area contributed by atoms with Gasteiger partial charge in [-0.15, -0.1) is 0 Å². The smallest absolute Gasteiger partial charge is 0.267 e. The first-order chi connectivity index (χ1) is 14.0. The summed E-state index contributed by atoms with van der Waals surface area (Å²) in [7, 11) is 0. The van der Waals surface area contributed by atoms with Crippen molar-refractivity contribution in [2.45, 2.75) is 25.9 Å². The van der Waals surface area contributed by atoms with Crippen molar-refractivity contribution in [1.82, 2.24) is 20.3 Å². The molecule has 1 atom stereocenters. The van der Waals surface area contributed by atoms with Crippen molar-refractivity contribution in [3.05, 3.63) is 53.9 Å². The lowest BCUT2D eigenvalue weighted by Crippen LogP contribution is -2.49. The van der Waals surface area contributed by atoms with Crippen LogP contribution in [0, 0.1) is 5.82 Å². The highest BCUT2D eigenvalue weighted by atomic mass is 19.3. The lowest BCUT2D eigenvalue weighted by Gasteiger charge is -2.36. The quantitative estimate of drug-likeness (QED) is 0.681. The Bertz CT molecular complexity index is 1010. The number of alkyl halides is 2. The van der Waals surface area contributed by atoms with Gasteiger partial charge in [0.15, 0.2) is 0 Å². The number of pyridine rings is 1. The molecule has 1 unspecified atom stereocenters. The summed E-state index contributed by atoms with van der Waals surface area (Å²) in [6.07, 6.45) is 3.09. The zero-order valence-corrected chi connectivity index (χ0v) is 15.9. The topological polar surface area (TPSA) is 66.0 Å². The zero-order valence-electron chi connectivity index (χ0n) is 15.9. The summed E-state index contributed by atoms with van der Waals surface area (Å²) >= 11 is 0. The Morgan fingerprint density at radius 3 is 2.69 bits per heavy atom. The molecule has 0 saturated carbocycles. The van der Waals surface area contributed by atoms with Crippen LogP contribution < -0.4 is 15.5 Å². The molecule has 3 heterocycles. The van der Waals surface area contributed by atoms with Crippen LogP contribution in [0.5, 0.6) is 0 Å².